The molecule has 0 radical (unpaired) electrons. The van der Waals surface area contributed by atoms with Crippen LogP contribution in [0.4, 0.5) is 0 Å². The van der Waals surface area contributed by atoms with Crippen molar-refractivity contribution in [3.05, 3.63) is 17.5 Å². The predicted octanol–water partition coefficient (Wildman–Crippen LogP) is 1.58. The smallest absolute Gasteiger partial charge is 0.246 e. The van der Waals surface area contributed by atoms with E-state index in [1.165, 1.54) is 0 Å². The van der Waals surface area contributed by atoms with E-state index in [0.29, 0.717) is 18.2 Å². The fraction of sp³-hybridized carbons (Fsp3) is 0.688. The van der Waals surface area contributed by atoms with Crippen molar-refractivity contribution >= 4 is 23.6 Å². The number of carbonyl (C=O) groups excluding carboxylic acids is 2. The zero-order chi connectivity index (χ0) is 16.6. The van der Waals surface area contributed by atoms with Crippen LogP contribution in [0.1, 0.15) is 37.2 Å². The molecule has 2 saturated heterocycles. The van der Waals surface area contributed by atoms with Gasteiger partial charge in [-0.25, -0.2) is 0 Å². The van der Waals surface area contributed by atoms with E-state index in [4.69, 9.17) is 0 Å². The molecule has 0 spiro atoms. The third-order valence-corrected chi connectivity index (χ3v) is 5.68. The van der Waals surface area contributed by atoms with Crippen LogP contribution in [0.2, 0.25) is 0 Å². The predicted molar refractivity (Wildman–Crippen MR) is 90.2 cm³/mol. The van der Waals surface area contributed by atoms with Gasteiger partial charge in [-0.05, 0) is 32.8 Å². The van der Waals surface area contributed by atoms with Crippen LogP contribution < -0.4 is 0 Å². The van der Waals surface area contributed by atoms with E-state index in [1.54, 1.807) is 23.6 Å². The quantitative estimate of drug-likeness (QED) is 0.823. The minimum atomic E-state index is -0.295. The van der Waals surface area contributed by atoms with Crippen LogP contribution >= 0.6 is 11.8 Å². The van der Waals surface area contributed by atoms with E-state index in [0.717, 1.165) is 30.8 Å². The number of nitrogens with zero attached hydrogens (tertiary/aromatic N) is 4. The zero-order valence-corrected chi connectivity index (χ0v) is 14.8. The molecule has 6 nitrogen and oxygen atoms in total. The number of hydrogen-bond acceptors (Lipinski definition) is 4. The Labute approximate surface area is 141 Å². The Bertz CT molecular complexity index is 615. The van der Waals surface area contributed by atoms with Gasteiger partial charge >= 0.3 is 0 Å². The summed E-state index contributed by atoms with van der Waals surface area (Å²) >= 11 is 1.65. The third kappa shape index (κ3) is 3.24. The topological polar surface area (TPSA) is 58.4 Å². The maximum Gasteiger partial charge on any atom is 0.246 e. The maximum atomic E-state index is 12.9. The van der Waals surface area contributed by atoms with Gasteiger partial charge in [0.05, 0.1) is 17.6 Å². The van der Waals surface area contributed by atoms with Crippen molar-refractivity contribution in [1.29, 1.82) is 0 Å². The SMILES string of the molecule is CC(=O)N1CSC[C@@H]1C(=O)N1CCC[C@@H](n2nc(C)cc2C)C1. The van der Waals surface area contributed by atoms with Gasteiger partial charge in [0.15, 0.2) is 0 Å². The Hall–Kier alpha value is -1.50. The number of likely N-dealkylation sites (tertiary alicyclic amines) is 1. The number of amides is 2. The Kier molecular flexibility index (Phi) is 4.66. The average molecular weight is 336 g/mol. The van der Waals surface area contributed by atoms with E-state index in [1.807, 2.05) is 11.8 Å². The van der Waals surface area contributed by atoms with Crippen LogP contribution in [0.3, 0.4) is 0 Å². The van der Waals surface area contributed by atoms with Crippen LogP contribution in [0.25, 0.3) is 0 Å². The number of piperidine rings is 1. The van der Waals surface area contributed by atoms with Crippen molar-refractivity contribution in [2.45, 2.75) is 45.7 Å². The number of rotatable bonds is 2. The van der Waals surface area contributed by atoms with Gasteiger partial charge in [0, 0.05) is 31.5 Å². The highest BCUT2D eigenvalue weighted by Gasteiger charge is 2.37. The van der Waals surface area contributed by atoms with Crippen LogP contribution in [-0.2, 0) is 9.59 Å². The van der Waals surface area contributed by atoms with Gasteiger partial charge in [-0.15, -0.1) is 11.8 Å². The Morgan fingerprint density at radius 1 is 1.35 bits per heavy atom. The van der Waals surface area contributed by atoms with Crippen molar-refractivity contribution < 1.29 is 9.59 Å². The highest BCUT2D eigenvalue weighted by Crippen LogP contribution is 2.27. The van der Waals surface area contributed by atoms with Crippen molar-refractivity contribution in [2.75, 3.05) is 24.7 Å². The molecule has 1 aromatic heterocycles. The van der Waals surface area contributed by atoms with Crippen molar-refractivity contribution in [3.63, 3.8) is 0 Å². The molecule has 0 bridgehead atoms. The molecule has 0 saturated carbocycles. The van der Waals surface area contributed by atoms with E-state index in [-0.39, 0.29) is 23.9 Å². The van der Waals surface area contributed by atoms with Crippen molar-refractivity contribution in [1.82, 2.24) is 19.6 Å². The molecule has 2 amide bonds. The molecule has 0 unspecified atom stereocenters. The molecule has 2 fully saturated rings. The standard InChI is InChI=1S/C16H24N4O2S/c1-11-7-12(2)20(17-11)14-5-4-6-18(8-14)16(22)15-9-23-10-19(15)13(3)21/h7,14-15H,4-6,8-10H2,1-3H3/t14-,15-/m1/s1. The first kappa shape index (κ1) is 16.4. The van der Waals surface area contributed by atoms with Crippen LogP contribution in [0.15, 0.2) is 6.07 Å². The van der Waals surface area contributed by atoms with Crippen LogP contribution in [0, 0.1) is 13.8 Å². The highest BCUT2D eigenvalue weighted by atomic mass is 32.2. The second-order valence-electron chi connectivity index (χ2n) is 6.46. The van der Waals surface area contributed by atoms with E-state index >= 15 is 0 Å². The molecule has 0 aliphatic carbocycles. The monoisotopic (exact) mass is 336 g/mol. The molecule has 2 aliphatic heterocycles. The molecule has 7 heteroatoms. The Morgan fingerprint density at radius 2 is 2.13 bits per heavy atom. The summed E-state index contributed by atoms with van der Waals surface area (Å²) < 4.78 is 2.06. The van der Waals surface area contributed by atoms with Gasteiger partial charge < -0.3 is 9.80 Å². The van der Waals surface area contributed by atoms with Crippen molar-refractivity contribution in [3.8, 4) is 0 Å². The number of thioether (sulfide) groups is 1. The summed E-state index contributed by atoms with van der Waals surface area (Å²) in [5.41, 5.74) is 2.16. The minimum Gasteiger partial charge on any atom is -0.339 e. The lowest BCUT2D eigenvalue weighted by Gasteiger charge is -2.36. The fourth-order valence-corrected chi connectivity index (χ4v) is 4.75. The summed E-state index contributed by atoms with van der Waals surface area (Å²) in [6, 6.07) is 2.02. The van der Waals surface area contributed by atoms with Gasteiger partial charge in [-0.2, -0.15) is 5.10 Å². The largest absolute Gasteiger partial charge is 0.339 e. The molecule has 23 heavy (non-hydrogen) atoms. The average Bonchev–Trinajstić information content (AvgIpc) is 3.13. The molecule has 3 rings (SSSR count). The molecule has 0 N–H and O–H groups in total. The van der Waals surface area contributed by atoms with Crippen LogP contribution in [0.5, 0.6) is 0 Å². The molecular formula is C16H24N4O2S. The lowest BCUT2D eigenvalue weighted by Crippen LogP contribution is -2.51. The molecule has 3 heterocycles. The number of aryl methyl sites for hydroxylation is 2. The van der Waals surface area contributed by atoms with Gasteiger partial charge in [-0.3, -0.25) is 14.3 Å². The zero-order valence-electron chi connectivity index (χ0n) is 14.0. The van der Waals surface area contributed by atoms with Gasteiger partial charge in [0.25, 0.3) is 0 Å². The fourth-order valence-electron chi connectivity index (χ4n) is 3.54. The Morgan fingerprint density at radius 3 is 2.78 bits per heavy atom. The second-order valence-corrected chi connectivity index (χ2v) is 7.46. The molecule has 2 aliphatic rings. The maximum absolute atomic E-state index is 12.9. The molecule has 1 aromatic rings. The van der Waals surface area contributed by atoms with Gasteiger partial charge in [-0.1, -0.05) is 0 Å². The summed E-state index contributed by atoms with van der Waals surface area (Å²) in [5, 5.41) is 4.58. The van der Waals surface area contributed by atoms with E-state index in [2.05, 4.69) is 22.8 Å². The molecule has 2 atom stereocenters. The number of aromatic nitrogens is 2. The van der Waals surface area contributed by atoms with E-state index < -0.39 is 0 Å². The Balaban J connectivity index is 1.72. The molecule has 126 valence electrons. The number of carbonyl (C=O) groups is 2. The molecular weight excluding hydrogens is 312 g/mol. The van der Waals surface area contributed by atoms with Crippen molar-refractivity contribution in [2.24, 2.45) is 0 Å². The summed E-state index contributed by atoms with van der Waals surface area (Å²) in [4.78, 5) is 28.2. The molecule has 0 aromatic carbocycles. The summed E-state index contributed by atoms with van der Waals surface area (Å²) in [7, 11) is 0. The van der Waals surface area contributed by atoms with Gasteiger partial charge in [0.1, 0.15) is 6.04 Å². The summed E-state index contributed by atoms with van der Waals surface area (Å²) in [6.45, 7) is 7.07. The first-order valence-electron chi connectivity index (χ1n) is 8.14. The second kappa shape index (κ2) is 6.55. The highest BCUT2D eigenvalue weighted by molar-refractivity contribution is 7.99. The summed E-state index contributed by atoms with van der Waals surface area (Å²) in [5.74, 6) is 1.41. The lowest BCUT2D eigenvalue weighted by molar-refractivity contribution is -0.143. The van der Waals surface area contributed by atoms with Gasteiger partial charge in [0.2, 0.25) is 11.8 Å². The summed E-state index contributed by atoms with van der Waals surface area (Å²) in [6.07, 6.45) is 2.02. The third-order valence-electron chi connectivity index (χ3n) is 4.67. The first-order chi connectivity index (χ1) is 11.0. The number of hydrogen-bond donors (Lipinski definition) is 0. The van der Waals surface area contributed by atoms with Crippen LogP contribution in [-0.4, -0.2) is 62.2 Å². The normalized spacial score (nSPS) is 25.0. The first-order valence-corrected chi connectivity index (χ1v) is 9.29. The lowest BCUT2D eigenvalue weighted by atomic mass is 10.0. The van der Waals surface area contributed by atoms with E-state index in [9.17, 15) is 9.59 Å². The minimum absolute atomic E-state index is 0.0135.